The molecule has 0 saturated carbocycles. The minimum absolute atomic E-state index is 0.0329. The fourth-order valence-electron chi connectivity index (χ4n) is 3.82. The largest absolute Gasteiger partial charge is 0.447 e. The molecule has 1 fully saturated rings. The highest BCUT2D eigenvalue weighted by atomic mass is 19.1. The summed E-state index contributed by atoms with van der Waals surface area (Å²) < 4.78 is 19.0. The Morgan fingerprint density at radius 1 is 1.25 bits per heavy atom. The number of hydrogen-bond acceptors (Lipinski definition) is 8. The average molecular weight is 492 g/mol. The van der Waals surface area contributed by atoms with Crippen LogP contribution in [-0.2, 0) is 9.53 Å². The summed E-state index contributed by atoms with van der Waals surface area (Å²) >= 11 is 0. The van der Waals surface area contributed by atoms with Crippen molar-refractivity contribution in [2.24, 2.45) is 0 Å². The van der Waals surface area contributed by atoms with Gasteiger partial charge in [0.05, 0.1) is 11.7 Å². The van der Waals surface area contributed by atoms with Crippen molar-refractivity contribution in [1.82, 2.24) is 19.9 Å². The predicted octanol–water partition coefficient (Wildman–Crippen LogP) is 4.22. The van der Waals surface area contributed by atoms with Crippen LogP contribution in [0.15, 0.2) is 55.5 Å². The number of pyridine rings is 2. The number of cyclic esters (lactones) is 1. The SMILES string of the molecule is C=CC(=O)Nc1cc(-c2cnc([C@H](C)Nc3nccc(N4C(=O)OC[C@@H]4[C@H](C)F)n3)cc2C)ccn1. The van der Waals surface area contributed by atoms with Gasteiger partial charge in [0.15, 0.2) is 0 Å². The number of hydrogen-bond donors (Lipinski definition) is 2. The Bertz CT molecular complexity index is 1300. The molecule has 3 atom stereocenters. The van der Waals surface area contributed by atoms with E-state index < -0.39 is 18.3 Å². The number of ether oxygens (including phenoxy) is 1. The van der Waals surface area contributed by atoms with Crippen LogP contribution in [0.2, 0.25) is 0 Å². The fraction of sp³-hybridized carbons (Fsp3) is 0.280. The van der Waals surface area contributed by atoms with Gasteiger partial charge in [0.2, 0.25) is 11.9 Å². The number of carbonyl (C=O) groups excluding carboxylic acids is 2. The summed E-state index contributed by atoms with van der Waals surface area (Å²) in [6.07, 6.45) is 4.13. The molecule has 2 amide bonds. The zero-order valence-electron chi connectivity index (χ0n) is 20.1. The molecule has 3 aromatic rings. The maximum atomic E-state index is 14.0. The van der Waals surface area contributed by atoms with E-state index in [4.69, 9.17) is 4.74 Å². The Kier molecular flexibility index (Phi) is 7.18. The van der Waals surface area contributed by atoms with Crippen LogP contribution in [0, 0.1) is 6.92 Å². The second-order valence-corrected chi connectivity index (χ2v) is 8.34. The number of amides is 2. The highest BCUT2D eigenvalue weighted by Crippen LogP contribution is 2.28. The third kappa shape index (κ3) is 5.29. The van der Waals surface area contributed by atoms with Crippen molar-refractivity contribution in [3.63, 3.8) is 0 Å². The first kappa shape index (κ1) is 24.7. The number of aryl methyl sites for hydroxylation is 1. The fourth-order valence-corrected chi connectivity index (χ4v) is 3.82. The summed E-state index contributed by atoms with van der Waals surface area (Å²) in [6.45, 7) is 8.66. The molecule has 3 aromatic heterocycles. The van der Waals surface area contributed by atoms with Crippen LogP contribution >= 0.6 is 0 Å². The molecule has 0 unspecified atom stereocenters. The Morgan fingerprint density at radius 2 is 2.03 bits per heavy atom. The molecule has 4 rings (SSSR count). The van der Waals surface area contributed by atoms with E-state index in [1.165, 1.54) is 30.2 Å². The second kappa shape index (κ2) is 10.5. The summed E-state index contributed by atoms with van der Waals surface area (Å²) in [5, 5.41) is 5.83. The van der Waals surface area contributed by atoms with E-state index in [0.717, 1.165) is 22.4 Å². The van der Waals surface area contributed by atoms with Gasteiger partial charge in [-0.1, -0.05) is 6.58 Å². The molecule has 0 bridgehead atoms. The lowest BCUT2D eigenvalue weighted by molar-refractivity contribution is -0.111. The molecule has 0 spiro atoms. The monoisotopic (exact) mass is 491 g/mol. The van der Waals surface area contributed by atoms with Crippen LogP contribution in [0.4, 0.5) is 26.8 Å². The maximum Gasteiger partial charge on any atom is 0.416 e. The van der Waals surface area contributed by atoms with E-state index in [0.29, 0.717) is 5.82 Å². The molecule has 0 radical (unpaired) electrons. The third-order valence-electron chi connectivity index (χ3n) is 5.75. The number of alkyl halides is 1. The summed E-state index contributed by atoms with van der Waals surface area (Å²) in [6, 6.07) is 6.07. The second-order valence-electron chi connectivity index (χ2n) is 8.34. The van der Waals surface area contributed by atoms with Gasteiger partial charge in [-0.05, 0) is 62.2 Å². The van der Waals surface area contributed by atoms with Gasteiger partial charge in [-0.3, -0.25) is 14.7 Å². The van der Waals surface area contributed by atoms with Gasteiger partial charge < -0.3 is 15.4 Å². The predicted molar refractivity (Wildman–Crippen MR) is 133 cm³/mol. The van der Waals surface area contributed by atoms with Crippen LogP contribution in [0.5, 0.6) is 0 Å². The van der Waals surface area contributed by atoms with Crippen LogP contribution in [0.3, 0.4) is 0 Å². The summed E-state index contributed by atoms with van der Waals surface area (Å²) in [7, 11) is 0. The van der Waals surface area contributed by atoms with Gasteiger partial charge >= 0.3 is 6.09 Å². The zero-order chi connectivity index (χ0) is 25.8. The smallest absolute Gasteiger partial charge is 0.416 e. The number of nitrogens with one attached hydrogen (secondary N) is 2. The van der Waals surface area contributed by atoms with Gasteiger partial charge in [0, 0.05) is 24.2 Å². The number of aromatic nitrogens is 4. The molecule has 1 saturated heterocycles. The third-order valence-corrected chi connectivity index (χ3v) is 5.75. The van der Waals surface area contributed by atoms with Crippen LogP contribution < -0.4 is 15.5 Å². The number of nitrogens with zero attached hydrogens (tertiary/aromatic N) is 5. The molecule has 0 aromatic carbocycles. The Hall–Kier alpha value is -4.41. The van der Waals surface area contributed by atoms with Crippen molar-refractivity contribution in [2.75, 3.05) is 22.1 Å². The van der Waals surface area contributed by atoms with Crippen molar-refractivity contribution in [3.05, 3.63) is 66.8 Å². The molecule has 1 aliphatic rings. The molecule has 186 valence electrons. The van der Waals surface area contributed by atoms with Gasteiger partial charge in [0.1, 0.15) is 30.5 Å². The number of rotatable bonds is 8. The number of anilines is 3. The van der Waals surface area contributed by atoms with E-state index in [2.05, 4.69) is 37.1 Å². The van der Waals surface area contributed by atoms with Crippen molar-refractivity contribution in [3.8, 4) is 11.1 Å². The molecular formula is C25H26FN7O3. The summed E-state index contributed by atoms with van der Waals surface area (Å²) in [4.78, 5) is 42.3. The normalized spacial score (nSPS) is 16.7. The average Bonchev–Trinajstić information content (AvgIpc) is 3.26. The zero-order valence-corrected chi connectivity index (χ0v) is 20.1. The Morgan fingerprint density at radius 3 is 2.75 bits per heavy atom. The molecule has 4 heterocycles. The van der Waals surface area contributed by atoms with E-state index in [-0.39, 0.29) is 30.3 Å². The van der Waals surface area contributed by atoms with Crippen LogP contribution in [-0.4, -0.2) is 50.8 Å². The Balaban J connectivity index is 1.51. The van der Waals surface area contributed by atoms with Crippen molar-refractivity contribution < 1.29 is 18.7 Å². The van der Waals surface area contributed by atoms with E-state index >= 15 is 0 Å². The lowest BCUT2D eigenvalue weighted by atomic mass is 10.0. The van der Waals surface area contributed by atoms with E-state index in [9.17, 15) is 14.0 Å². The molecule has 10 nitrogen and oxygen atoms in total. The quantitative estimate of drug-likeness (QED) is 0.449. The van der Waals surface area contributed by atoms with Gasteiger partial charge in [0.25, 0.3) is 0 Å². The molecule has 11 heteroatoms. The molecule has 36 heavy (non-hydrogen) atoms. The maximum absolute atomic E-state index is 14.0. The van der Waals surface area contributed by atoms with Crippen molar-refractivity contribution in [1.29, 1.82) is 0 Å². The summed E-state index contributed by atoms with van der Waals surface area (Å²) in [5.74, 6) is 0.602. The highest BCUT2D eigenvalue weighted by molar-refractivity contribution is 5.98. The van der Waals surface area contributed by atoms with Gasteiger partial charge in [-0.25, -0.2) is 19.2 Å². The summed E-state index contributed by atoms with van der Waals surface area (Å²) in [5.41, 5.74) is 3.46. The van der Waals surface area contributed by atoms with Crippen LogP contribution in [0.25, 0.3) is 11.1 Å². The van der Waals surface area contributed by atoms with Crippen molar-refractivity contribution >= 4 is 29.6 Å². The minimum Gasteiger partial charge on any atom is -0.447 e. The van der Waals surface area contributed by atoms with E-state index in [1.54, 1.807) is 18.5 Å². The molecule has 0 aliphatic carbocycles. The van der Waals surface area contributed by atoms with Gasteiger partial charge in [-0.2, -0.15) is 4.98 Å². The van der Waals surface area contributed by atoms with Crippen molar-refractivity contribution in [2.45, 2.75) is 39.0 Å². The first-order chi connectivity index (χ1) is 17.3. The minimum atomic E-state index is -1.28. The van der Waals surface area contributed by atoms with Crippen LogP contribution in [0.1, 0.15) is 31.1 Å². The lowest BCUT2D eigenvalue weighted by Crippen LogP contribution is -2.39. The topological polar surface area (TPSA) is 122 Å². The Labute approximate surface area is 207 Å². The molecular weight excluding hydrogens is 465 g/mol. The number of halogens is 1. The van der Waals surface area contributed by atoms with Gasteiger partial charge in [-0.15, -0.1) is 0 Å². The first-order valence-corrected chi connectivity index (χ1v) is 11.3. The lowest BCUT2D eigenvalue weighted by Gasteiger charge is -2.22. The number of carbonyl (C=O) groups is 2. The van der Waals surface area contributed by atoms with E-state index in [1.807, 2.05) is 26.0 Å². The molecule has 2 N–H and O–H groups in total. The standard InChI is InChI=1S/C25H26FN7O3/c1-5-23(34)31-21-11-17(6-8-27-21)18-12-29-19(10-14(18)2)16(4)30-24-28-9-7-22(32-24)33-20(15(3)26)13-36-25(33)35/h5-12,15-16,20H,1,13H2,2-4H3,(H,27,31,34)(H,28,30,32)/t15-,16-,20+/m0/s1. The molecule has 1 aliphatic heterocycles. The first-order valence-electron chi connectivity index (χ1n) is 11.3. The highest BCUT2D eigenvalue weighted by Gasteiger charge is 2.39.